The number of nitrogens with zero attached hydrogens (tertiary/aromatic N) is 1. The van der Waals surface area contributed by atoms with Crippen LogP contribution in [-0.4, -0.2) is 36.4 Å². The summed E-state index contributed by atoms with van der Waals surface area (Å²) in [7, 11) is 0. The lowest BCUT2D eigenvalue weighted by Gasteiger charge is -2.37. The molecule has 1 aliphatic heterocycles. The van der Waals surface area contributed by atoms with Crippen molar-refractivity contribution < 1.29 is 14.6 Å². The zero-order valence-corrected chi connectivity index (χ0v) is 13.1. The van der Waals surface area contributed by atoms with Crippen LogP contribution in [0.2, 0.25) is 0 Å². The van der Waals surface area contributed by atoms with Gasteiger partial charge in [-0.05, 0) is 37.6 Å². The Hall–Kier alpha value is -1.33. The van der Waals surface area contributed by atoms with Crippen LogP contribution in [0, 0.1) is 0 Å². The van der Waals surface area contributed by atoms with Crippen molar-refractivity contribution in [1.29, 1.82) is 0 Å². The topological polar surface area (TPSA) is 49.8 Å². The van der Waals surface area contributed by atoms with Gasteiger partial charge in [-0.2, -0.15) is 0 Å². The summed E-state index contributed by atoms with van der Waals surface area (Å²) < 4.78 is 6.72. The lowest BCUT2D eigenvalue weighted by Crippen LogP contribution is -2.45. The first-order chi connectivity index (χ1) is 9.45. The first-order valence-electron chi connectivity index (χ1n) is 6.56. The van der Waals surface area contributed by atoms with Gasteiger partial charge in [0.2, 0.25) is 0 Å². The molecular formula is C15H18BrNO3. The molecule has 4 nitrogen and oxygen atoms in total. The van der Waals surface area contributed by atoms with Gasteiger partial charge in [-0.15, -0.1) is 0 Å². The van der Waals surface area contributed by atoms with Gasteiger partial charge in [0.15, 0.2) is 0 Å². The molecule has 0 aliphatic carbocycles. The van der Waals surface area contributed by atoms with E-state index in [0.717, 1.165) is 28.8 Å². The molecule has 108 valence electrons. The molecule has 0 amide bonds. The number of hydrogen-bond donors (Lipinski definition) is 1. The second kappa shape index (κ2) is 6.41. The molecule has 1 aliphatic rings. The minimum absolute atomic E-state index is 0.161. The number of carboxylic acid groups (broad SMARTS) is 1. The Bertz CT molecular complexity index is 520. The second-order valence-electron chi connectivity index (χ2n) is 5.04. The SMILES string of the molecule is CC1CN(c2cc(Br)ccc2/C=C/C(=O)O)CC(C)O1. The number of carbonyl (C=O) groups is 1. The van der Waals surface area contributed by atoms with Crippen LogP contribution in [0.1, 0.15) is 19.4 Å². The Morgan fingerprint density at radius 2 is 2.05 bits per heavy atom. The normalized spacial score (nSPS) is 23.2. The standard InChI is InChI=1S/C15H18BrNO3/c1-10-8-17(9-11(2)20-10)14-7-13(16)5-3-12(14)4-6-15(18)19/h3-7,10-11H,8-9H2,1-2H3,(H,18,19)/b6-4+. The van der Waals surface area contributed by atoms with Gasteiger partial charge in [0.05, 0.1) is 12.2 Å². The molecule has 20 heavy (non-hydrogen) atoms. The van der Waals surface area contributed by atoms with E-state index in [1.807, 2.05) is 32.0 Å². The van der Waals surface area contributed by atoms with Crippen LogP contribution in [0.15, 0.2) is 28.7 Å². The summed E-state index contributed by atoms with van der Waals surface area (Å²) in [6, 6.07) is 5.86. The molecule has 0 spiro atoms. The van der Waals surface area contributed by atoms with Gasteiger partial charge >= 0.3 is 5.97 Å². The Kier molecular flexibility index (Phi) is 4.83. The summed E-state index contributed by atoms with van der Waals surface area (Å²) in [6.45, 7) is 5.70. The summed E-state index contributed by atoms with van der Waals surface area (Å²) >= 11 is 3.47. The second-order valence-corrected chi connectivity index (χ2v) is 5.95. The highest BCUT2D eigenvalue weighted by atomic mass is 79.9. The third kappa shape index (κ3) is 3.84. The molecule has 1 N–H and O–H groups in total. The molecule has 1 saturated heterocycles. The van der Waals surface area contributed by atoms with Crippen molar-refractivity contribution in [2.24, 2.45) is 0 Å². The van der Waals surface area contributed by atoms with Crippen LogP contribution in [0.25, 0.3) is 6.08 Å². The minimum Gasteiger partial charge on any atom is -0.478 e. The van der Waals surface area contributed by atoms with Gasteiger partial charge in [-0.3, -0.25) is 0 Å². The number of carboxylic acids is 1. The Morgan fingerprint density at radius 3 is 2.65 bits per heavy atom. The summed E-state index contributed by atoms with van der Waals surface area (Å²) in [4.78, 5) is 12.9. The summed E-state index contributed by atoms with van der Waals surface area (Å²) in [6.07, 6.45) is 3.12. The number of benzene rings is 1. The van der Waals surface area contributed by atoms with Crippen LogP contribution in [-0.2, 0) is 9.53 Å². The van der Waals surface area contributed by atoms with E-state index in [1.54, 1.807) is 6.08 Å². The van der Waals surface area contributed by atoms with Crippen LogP contribution < -0.4 is 4.90 Å². The number of hydrogen-bond acceptors (Lipinski definition) is 3. The van der Waals surface area contributed by atoms with Crippen LogP contribution >= 0.6 is 15.9 Å². The largest absolute Gasteiger partial charge is 0.478 e. The fourth-order valence-electron chi connectivity index (χ4n) is 2.47. The Morgan fingerprint density at radius 1 is 1.40 bits per heavy atom. The first-order valence-corrected chi connectivity index (χ1v) is 7.36. The van der Waals surface area contributed by atoms with Gasteiger partial charge in [0, 0.05) is 29.3 Å². The molecule has 0 radical (unpaired) electrons. The number of rotatable bonds is 3. The zero-order valence-electron chi connectivity index (χ0n) is 11.5. The predicted molar refractivity (Wildman–Crippen MR) is 83.0 cm³/mol. The van der Waals surface area contributed by atoms with E-state index < -0.39 is 5.97 Å². The van der Waals surface area contributed by atoms with E-state index in [-0.39, 0.29) is 12.2 Å². The van der Waals surface area contributed by atoms with Gasteiger partial charge in [-0.25, -0.2) is 4.79 Å². The molecule has 1 aromatic carbocycles. The van der Waals surface area contributed by atoms with E-state index in [2.05, 4.69) is 20.8 Å². The van der Waals surface area contributed by atoms with Crippen LogP contribution in [0.4, 0.5) is 5.69 Å². The fraction of sp³-hybridized carbons (Fsp3) is 0.400. The molecule has 0 bridgehead atoms. The van der Waals surface area contributed by atoms with E-state index >= 15 is 0 Å². The Balaban J connectivity index is 2.33. The van der Waals surface area contributed by atoms with Gasteiger partial charge < -0.3 is 14.7 Å². The van der Waals surface area contributed by atoms with Crippen molar-refractivity contribution in [1.82, 2.24) is 0 Å². The third-order valence-electron chi connectivity index (χ3n) is 3.16. The number of anilines is 1. The summed E-state index contributed by atoms with van der Waals surface area (Å²) in [5.74, 6) is -0.942. The van der Waals surface area contributed by atoms with Crippen molar-refractivity contribution in [3.05, 3.63) is 34.3 Å². The van der Waals surface area contributed by atoms with Gasteiger partial charge in [0.1, 0.15) is 0 Å². The maximum absolute atomic E-state index is 10.7. The van der Waals surface area contributed by atoms with Crippen molar-refractivity contribution in [2.45, 2.75) is 26.1 Å². The molecule has 1 fully saturated rings. The highest BCUT2D eigenvalue weighted by Gasteiger charge is 2.23. The van der Waals surface area contributed by atoms with E-state index in [1.165, 1.54) is 6.08 Å². The van der Waals surface area contributed by atoms with Crippen LogP contribution in [0.5, 0.6) is 0 Å². The maximum Gasteiger partial charge on any atom is 0.328 e. The summed E-state index contributed by atoms with van der Waals surface area (Å²) in [5.41, 5.74) is 1.93. The van der Waals surface area contributed by atoms with E-state index in [4.69, 9.17) is 9.84 Å². The molecule has 1 aromatic rings. The lowest BCUT2D eigenvalue weighted by atomic mass is 10.1. The quantitative estimate of drug-likeness (QED) is 0.859. The first kappa shape index (κ1) is 15.1. The molecule has 2 unspecified atom stereocenters. The molecule has 2 atom stereocenters. The predicted octanol–water partition coefficient (Wildman–Crippen LogP) is 3.16. The Labute approximate surface area is 127 Å². The smallest absolute Gasteiger partial charge is 0.328 e. The third-order valence-corrected chi connectivity index (χ3v) is 3.65. The molecule has 1 heterocycles. The monoisotopic (exact) mass is 339 g/mol. The fourth-order valence-corrected chi connectivity index (χ4v) is 2.82. The average molecular weight is 340 g/mol. The van der Waals surface area contributed by atoms with Gasteiger partial charge in [0.25, 0.3) is 0 Å². The molecular weight excluding hydrogens is 322 g/mol. The zero-order chi connectivity index (χ0) is 14.7. The van der Waals surface area contributed by atoms with Crippen LogP contribution in [0.3, 0.4) is 0 Å². The maximum atomic E-state index is 10.7. The van der Waals surface area contributed by atoms with Gasteiger partial charge in [-0.1, -0.05) is 22.0 Å². The van der Waals surface area contributed by atoms with Crippen molar-refractivity contribution in [3.8, 4) is 0 Å². The average Bonchev–Trinajstić information content (AvgIpc) is 2.36. The van der Waals surface area contributed by atoms with Crippen molar-refractivity contribution >= 4 is 33.7 Å². The van der Waals surface area contributed by atoms with Crippen molar-refractivity contribution in [2.75, 3.05) is 18.0 Å². The molecule has 0 aromatic heterocycles. The highest BCUT2D eigenvalue weighted by molar-refractivity contribution is 9.10. The highest BCUT2D eigenvalue weighted by Crippen LogP contribution is 2.29. The molecule has 2 rings (SSSR count). The number of aliphatic carboxylic acids is 1. The number of morpholine rings is 1. The summed E-state index contributed by atoms with van der Waals surface area (Å²) in [5, 5.41) is 8.79. The molecule has 0 saturated carbocycles. The molecule has 5 heteroatoms. The lowest BCUT2D eigenvalue weighted by molar-refractivity contribution is -0.131. The van der Waals surface area contributed by atoms with Crippen molar-refractivity contribution in [3.63, 3.8) is 0 Å². The van der Waals surface area contributed by atoms with E-state index in [9.17, 15) is 4.79 Å². The number of ether oxygens (including phenoxy) is 1. The number of halogens is 1. The minimum atomic E-state index is -0.942. The van der Waals surface area contributed by atoms with E-state index in [0.29, 0.717) is 0 Å².